The molecule has 29 heavy (non-hydrogen) atoms. The lowest BCUT2D eigenvalue weighted by molar-refractivity contribution is -0.125. The smallest absolute Gasteiger partial charge is 0.240 e. The van der Waals surface area contributed by atoms with Gasteiger partial charge < -0.3 is 15.4 Å². The zero-order valence-corrected chi connectivity index (χ0v) is 17.7. The highest BCUT2D eigenvalue weighted by Gasteiger charge is 2.27. The van der Waals surface area contributed by atoms with Crippen LogP contribution in [0.5, 0.6) is 5.75 Å². The maximum Gasteiger partial charge on any atom is 0.240 e. The molecule has 1 aliphatic rings. The predicted octanol–water partition coefficient (Wildman–Crippen LogP) is 2.45. The van der Waals surface area contributed by atoms with E-state index in [2.05, 4.69) is 21.5 Å². The van der Waals surface area contributed by atoms with Gasteiger partial charge in [-0.05, 0) is 48.7 Å². The number of hydrogen-bond acceptors (Lipinski definition) is 6. The molecule has 0 aromatic heterocycles. The zero-order chi connectivity index (χ0) is 20.8. The molecule has 7 nitrogen and oxygen atoms in total. The minimum absolute atomic E-state index is 0.122. The van der Waals surface area contributed by atoms with Crippen LogP contribution in [0.4, 0.5) is 5.69 Å². The van der Waals surface area contributed by atoms with Crippen LogP contribution in [-0.2, 0) is 16.0 Å². The number of carbonyl (C=O) groups is 2. The lowest BCUT2D eigenvalue weighted by Gasteiger charge is -2.31. The number of benzene rings is 2. The van der Waals surface area contributed by atoms with Gasteiger partial charge in [0.2, 0.25) is 11.8 Å². The molecular formula is C20H23ClN4O3S. The van der Waals surface area contributed by atoms with E-state index in [0.29, 0.717) is 17.1 Å². The number of ether oxygens (including phenoxy) is 1. The van der Waals surface area contributed by atoms with E-state index in [9.17, 15) is 9.59 Å². The van der Waals surface area contributed by atoms with Crippen molar-refractivity contribution in [3.63, 3.8) is 0 Å². The SMILES string of the molecule is COc1ccc(CC2NNC(SCC(=O)Nc3cccc(Cl)c3C)NC2=O)cc1. The van der Waals surface area contributed by atoms with Crippen molar-refractivity contribution in [2.24, 2.45) is 0 Å². The standard InChI is InChI=1S/C20H23ClN4O3S/c1-12-15(21)4-3-5-16(12)22-18(26)11-29-20-23-19(27)17(24-25-20)10-13-6-8-14(28-2)9-7-13/h3-9,17,20,24-25H,10-11H2,1-2H3,(H,22,26)(H,23,27). The third-order valence-electron chi connectivity index (χ3n) is 4.50. The predicted molar refractivity (Wildman–Crippen MR) is 116 cm³/mol. The minimum Gasteiger partial charge on any atom is -0.497 e. The molecule has 2 unspecified atom stereocenters. The van der Waals surface area contributed by atoms with Gasteiger partial charge in [0.05, 0.1) is 12.9 Å². The fourth-order valence-corrected chi connectivity index (χ4v) is 3.74. The topological polar surface area (TPSA) is 91.5 Å². The molecule has 0 saturated carbocycles. The van der Waals surface area contributed by atoms with E-state index >= 15 is 0 Å². The van der Waals surface area contributed by atoms with Crippen molar-refractivity contribution in [1.29, 1.82) is 0 Å². The summed E-state index contributed by atoms with van der Waals surface area (Å²) in [5.41, 5.74) is 8.18. The Hall–Kier alpha value is -2.26. The second-order valence-corrected chi connectivity index (χ2v) is 8.05. The molecule has 1 aliphatic heterocycles. The largest absolute Gasteiger partial charge is 0.497 e. The third kappa shape index (κ3) is 5.86. The summed E-state index contributed by atoms with van der Waals surface area (Å²) in [6.45, 7) is 1.85. The fourth-order valence-electron chi connectivity index (χ4n) is 2.82. The fraction of sp³-hybridized carbons (Fsp3) is 0.300. The first-order chi connectivity index (χ1) is 14.0. The number of rotatable bonds is 7. The number of halogens is 1. The molecule has 0 radical (unpaired) electrons. The molecule has 2 aromatic carbocycles. The minimum atomic E-state index is -0.402. The average Bonchev–Trinajstić information content (AvgIpc) is 2.72. The quantitative estimate of drug-likeness (QED) is 0.535. The van der Waals surface area contributed by atoms with Gasteiger partial charge in [0.25, 0.3) is 0 Å². The summed E-state index contributed by atoms with van der Waals surface area (Å²) in [6, 6.07) is 12.5. The molecule has 2 amide bonds. The van der Waals surface area contributed by atoms with E-state index in [-0.39, 0.29) is 17.6 Å². The van der Waals surface area contributed by atoms with Gasteiger partial charge in [-0.25, -0.2) is 10.9 Å². The van der Waals surface area contributed by atoms with Crippen LogP contribution in [0.1, 0.15) is 11.1 Å². The first-order valence-corrected chi connectivity index (χ1v) is 10.5. The maximum absolute atomic E-state index is 12.4. The third-order valence-corrected chi connectivity index (χ3v) is 5.91. The van der Waals surface area contributed by atoms with E-state index in [1.807, 2.05) is 31.2 Å². The van der Waals surface area contributed by atoms with Crippen LogP contribution >= 0.6 is 23.4 Å². The van der Waals surface area contributed by atoms with E-state index in [1.165, 1.54) is 11.8 Å². The summed E-state index contributed by atoms with van der Waals surface area (Å²) in [5.74, 6) is 0.657. The van der Waals surface area contributed by atoms with Gasteiger partial charge >= 0.3 is 0 Å². The molecule has 9 heteroatoms. The maximum atomic E-state index is 12.4. The zero-order valence-electron chi connectivity index (χ0n) is 16.1. The molecule has 3 rings (SSSR count). The number of hydrazine groups is 1. The number of carbonyl (C=O) groups excluding carboxylic acids is 2. The summed E-state index contributed by atoms with van der Waals surface area (Å²) in [5, 5.41) is 6.31. The lowest BCUT2D eigenvalue weighted by atomic mass is 10.1. The van der Waals surface area contributed by atoms with Crippen LogP contribution in [0.15, 0.2) is 42.5 Å². The van der Waals surface area contributed by atoms with Crippen LogP contribution < -0.4 is 26.2 Å². The molecule has 1 heterocycles. The Balaban J connectivity index is 1.45. The van der Waals surface area contributed by atoms with E-state index < -0.39 is 11.5 Å². The molecule has 4 N–H and O–H groups in total. The summed E-state index contributed by atoms with van der Waals surface area (Å²) in [4.78, 5) is 24.6. The normalized spacial score (nSPS) is 18.8. The number of hydrogen-bond donors (Lipinski definition) is 4. The molecule has 1 saturated heterocycles. The molecule has 0 bridgehead atoms. The molecule has 0 spiro atoms. The Morgan fingerprint density at radius 2 is 1.97 bits per heavy atom. The van der Waals surface area contributed by atoms with Gasteiger partial charge in [0.1, 0.15) is 17.3 Å². The Labute approximate surface area is 178 Å². The van der Waals surface area contributed by atoms with Crippen molar-refractivity contribution in [2.45, 2.75) is 24.9 Å². The summed E-state index contributed by atoms with van der Waals surface area (Å²) in [7, 11) is 1.61. The second-order valence-electron chi connectivity index (χ2n) is 6.55. The molecule has 1 fully saturated rings. The van der Waals surface area contributed by atoms with E-state index in [4.69, 9.17) is 16.3 Å². The monoisotopic (exact) mass is 434 g/mol. The van der Waals surface area contributed by atoms with Gasteiger partial charge in [0, 0.05) is 10.7 Å². The Bertz CT molecular complexity index is 879. The first-order valence-electron chi connectivity index (χ1n) is 9.07. The van der Waals surface area contributed by atoms with Crippen molar-refractivity contribution in [3.05, 3.63) is 58.6 Å². The van der Waals surface area contributed by atoms with E-state index in [0.717, 1.165) is 16.9 Å². The number of thioether (sulfide) groups is 1. The lowest BCUT2D eigenvalue weighted by Crippen LogP contribution is -2.64. The molecular weight excluding hydrogens is 412 g/mol. The van der Waals surface area contributed by atoms with Crippen molar-refractivity contribution in [3.8, 4) is 5.75 Å². The van der Waals surface area contributed by atoms with Gasteiger partial charge in [-0.3, -0.25) is 9.59 Å². The second kappa shape index (κ2) is 9.98. The van der Waals surface area contributed by atoms with Crippen LogP contribution in [0.25, 0.3) is 0 Å². The first kappa shape index (κ1) is 21.4. The summed E-state index contributed by atoms with van der Waals surface area (Å²) in [6.07, 6.45) is 0.536. The average molecular weight is 435 g/mol. The number of amides is 2. The van der Waals surface area contributed by atoms with E-state index in [1.54, 1.807) is 25.3 Å². The Morgan fingerprint density at radius 3 is 2.66 bits per heavy atom. The highest BCUT2D eigenvalue weighted by Crippen LogP contribution is 2.23. The molecule has 0 aliphatic carbocycles. The van der Waals surface area contributed by atoms with Gasteiger partial charge in [-0.2, -0.15) is 0 Å². The summed E-state index contributed by atoms with van der Waals surface area (Å²) >= 11 is 7.36. The Kier molecular flexibility index (Phi) is 7.38. The molecule has 2 aromatic rings. The Morgan fingerprint density at radius 1 is 1.21 bits per heavy atom. The van der Waals surface area contributed by atoms with Crippen molar-refractivity contribution in [2.75, 3.05) is 18.2 Å². The highest BCUT2D eigenvalue weighted by atomic mass is 35.5. The van der Waals surface area contributed by atoms with Gasteiger partial charge in [0.15, 0.2) is 0 Å². The summed E-state index contributed by atoms with van der Waals surface area (Å²) < 4.78 is 5.14. The van der Waals surface area contributed by atoms with Crippen LogP contribution in [0.2, 0.25) is 5.02 Å². The van der Waals surface area contributed by atoms with Gasteiger partial charge in [-0.15, -0.1) is 11.8 Å². The van der Waals surface area contributed by atoms with Crippen molar-refractivity contribution >= 4 is 40.9 Å². The number of methoxy groups -OCH3 is 1. The number of anilines is 1. The molecule has 2 atom stereocenters. The number of nitrogens with one attached hydrogen (secondary N) is 4. The van der Waals surface area contributed by atoms with Gasteiger partial charge in [-0.1, -0.05) is 29.8 Å². The molecule has 154 valence electrons. The van der Waals surface area contributed by atoms with Crippen molar-refractivity contribution < 1.29 is 14.3 Å². The van der Waals surface area contributed by atoms with Crippen molar-refractivity contribution in [1.82, 2.24) is 16.2 Å². The van der Waals surface area contributed by atoms with Crippen LogP contribution in [-0.4, -0.2) is 36.2 Å². The van der Waals surface area contributed by atoms with Crippen LogP contribution in [0, 0.1) is 6.92 Å². The van der Waals surface area contributed by atoms with Crippen LogP contribution in [0.3, 0.4) is 0 Å². The highest BCUT2D eigenvalue weighted by molar-refractivity contribution is 8.00.